The minimum atomic E-state index is 0.763. The lowest BCUT2D eigenvalue weighted by molar-refractivity contribution is 0.307. The molecule has 1 fully saturated rings. The number of hydrogen-bond acceptors (Lipinski definition) is 2. The summed E-state index contributed by atoms with van der Waals surface area (Å²) in [6.45, 7) is 7.87. The highest BCUT2D eigenvalue weighted by Gasteiger charge is 2.17. The fourth-order valence-electron chi connectivity index (χ4n) is 2.45. The molecule has 1 aliphatic rings. The van der Waals surface area contributed by atoms with Gasteiger partial charge < -0.3 is 5.32 Å². The third kappa shape index (κ3) is 3.08. The van der Waals surface area contributed by atoms with E-state index in [1.165, 1.54) is 41.0 Å². The highest BCUT2D eigenvalue weighted by molar-refractivity contribution is 7.12. The molecule has 2 rings (SSSR count). The van der Waals surface area contributed by atoms with Crippen LogP contribution in [0.1, 0.15) is 47.9 Å². The van der Waals surface area contributed by atoms with E-state index in [-0.39, 0.29) is 0 Å². The maximum atomic E-state index is 3.71. The molecule has 0 aliphatic heterocycles. The maximum Gasteiger partial charge on any atom is 0.0302 e. The van der Waals surface area contributed by atoms with Crippen LogP contribution in [0.4, 0.5) is 0 Å². The van der Waals surface area contributed by atoms with Gasteiger partial charge in [0.15, 0.2) is 0 Å². The molecule has 1 aromatic heterocycles. The van der Waals surface area contributed by atoms with Crippen molar-refractivity contribution in [2.24, 2.45) is 5.92 Å². The summed E-state index contributed by atoms with van der Waals surface area (Å²) in [6, 6.07) is 3.09. The van der Waals surface area contributed by atoms with Crippen LogP contribution in [0.15, 0.2) is 6.07 Å². The molecule has 1 N–H and O–H groups in total. The average molecular weight is 237 g/mol. The molecule has 16 heavy (non-hydrogen) atoms. The molecule has 1 heterocycles. The van der Waals surface area contributed by atoms with Crippen molar-refractivity contribution in [3.8, 4) is 0 Å². The lowest BCUT2D eigenvalue weighted by Gasteiger charge is -2.26. The largest absolute Gasteiger partial charge is 0.309 e. The second-order valence-corrected chi connectivity index (χ2v) is 6.63. The van der Waals surface area contributed by atoms with Gasteiger partial charge in [0, 0.05) is 22.3 Å². The Bertz CT molecular complexity index is 315. The summed E-state index contributed by atoms with van der Waals surface area (Å²) in [7, 11) is 0. The van der Waals surface area contributed by atoms with E-state index in [0.29, 0.717) is 0 Å². The predicted molar refractivity (Wildman–Crippen MR) is 72.1 cm³/mol. The van der Waals surface area contributed by atoms with Crippen LogP contribution in [0.25, 0.3) is 0 Å². The molecular formula is C14H23NS. The van der Waals surface area contributed by atoms with Gasteiger partial charge in [-0.15, -0.1) is 11.3 Å². The highest BCUT2D eigenvalue weighted by Crippen LogP contribution is 2.25. The van der Waals surface area contributed by atoms with Crippen LogP contribution in [-0.2, 0) is 6.54 Å². The fraction of sp³-hybridized carbons (Fsp3) is 0.714. The molecule has 1 aromatic rings. The third-order valence-corrected chi connectivity index (χ3v) is 4.95. The first-order valence-electron chi connectivity index (χ1n) is 6.44. The summed E-state index contributed by atoms with van der Waals surface area (Å²) in [6.07, 6.45) is 5.54. The van der Waals surface area contributed by atoms with Crippen molar-refractivity contribution in [2.45, 2.75) is 59.0 Å². The topological polar surface area (TPSA) is 12.0 Å². The van der Waals surface area contributed by atoms with Crippen molar-refractivity contribution in [1.82, 2.24) is 5.32 Å². The van der Waals surface area contributed by atoms with Gasteiger partial charge in [0.25, 0.3) is 0 Å². The number of aryl methyl sites for hydroxylation is 2. The molecule has 90 valence electrons. The fourth-order valence-corrected chi connectivity index (χ4v) is 3.45. The van der Waals surface area contributed by atoms with Crippen molar-refractivity contribution in [2.75, 3.05) is 0 Å². The number of nitrogens with one attached hydrogen (secondary N) is 1. The van der Waals surface area contributed by atoms with Gasteiger partial charge in [-0.2, -0.15) is 0 Å². The zero-order valence-electron chi connectivity index (χ0n) is 10.7. The summed E-state index contributed by atoms with van der Waals surface area (Å²) in [5.74, 6) is 0.948. The van der Waals surface area contributed by atoms with Gasteiger partial charge in [-0.1, -0.05) is 6.92 Å². The summed E-state index contributed by atoms with van der Waals surface area (Å²) in [4.78, 5) is 2.96. The first-order valence-corrected chi connectivity index (χ1v) is 7.26. The van der Waals surface area contributed by atoms with E-state index >= 15 is 0 Å². The third-order valence-electron chi connectivity index (χ3n) is 3.80. The summed E-state index contributed by atoms with van der Waals surface area (Å²) >= 11 is 1.94. The first kappa shape index (κ1) is 12.1. The molecule has 0 spiro atoms. The van der Waals surface area contributed by atoms with Crippen LogP contribution in [0.3, 0.4) is 0 Å². The lowest BCUT2D eigenvalue weighted by Crippen LogP contribution is -2.31. The minimum absolute atomic E-state index is 0.763. The first-order chi connectivity index (χ1) is 7.65. The van der Waals surface area contributed by atoms with E-state index in [0.717, 1.165) is 18.5 Å². The molecule has 0 unspecified atom stereocenters. The Balaban J connectivity index is 1.79. The second kappa shape index (κ2) is 5.33. The lowest BCUT2D eigenvalue weighted by atomic mass is 9.87. The monoisotopic (exact) mass is 237 g/mol. The van der Waals surface area contributed by atoms with Crippen LogP contribution in [0.2, 0.25) is 0 Å². The Hall–Kier alpha value is -0.340. The smallest absolute Gasteiger partial charge is 0.0302 e. The van der Waals surface area contributed by atoms with E-state index in [2.05, 4.69) is 32.2 Å². The van der Waals surface area contributed by atoms with Crippen LogP contribution in [0.5, 0.6) is 0 Å². The Labute approximate surface area is 103 Å². The zero-order chi connectivity index (χ0) is 11.5. The SMILES string of the molecule is Cc1cc(CNC2CCC(C)CC2)sc1C. The van der Waals surface area contributed by atoms with Gasteiger partial charge in [0.2, 0.25) is 0 Å². The summed E-state index contributed by atoms with van der Waals surface area (Å²) in [5, 5.41) is 3.71. The van der Waals surface area contributed by atoms with E-state index in [1.54, 1.807) is 0 Å². The molecule has 1 nitrogen and oxygen atoms in total. The van der Waals surface area contributed by atoms with Crippen LogP contribution < -0.4 is 5.32 Å². The van der Waals surface area contributed by atoms with Crippen molar-refractivity contribution in [3.63, 3.8) is 0 Å². The molecule has 0 saturated heterocycles. The highest BCUT2D eigenvalue weighted by atomic mass is 32.1. The molecule has 1 saturated carbocycles. The normalized spacial score (nSPS) is 25.9. The van der Waals surface area contributed by atoms with Crippen LogP contribution in [-0.4, -0.2) is 6.04 Å². The maximum absolute atomic E-state index is 3.71. The van der Waals surface area contributed by atoms with Crippen LogP contribution in [0, 0.1) is 19.8 Å². The van der Waals surface area contributed by atoms with Gasteiger partial charge in [0.1, 0.15) is 0 Å². The van der Waals surface area contributed by atoms with Crippen molar-refractivity contribution >= 4 is 11.3 Å². The van der Waals surface area contributed by atoms with Crippen molar-refractivity contribution in [3.05, 3.63) is 21.4 Å². The van der Waals surface area contributed by atoms with Crippen LogP contribution >= 0.6 is 11.3 Å². The predicted octanol–water partition coefficient (Wildman–Crippen LogP) is 4.03. The summed E-state index contributed by atoms with van der Waals surface area (Å²) < 4.78 is 0. The van der Waals surface area contributed by atoms with Crippen molar-refractivity contribution < 1.29 is 0 Å². The van der Waals surface area contributed by atoms with Gasteiger partial charge >= 0.3 is 0 Å². The molecule has 2 heteroatoms. The number of thiophene rings is 1. The van der Waals surface area contributed by atoms with Gasteiger partial charge in [-0.3, -0.25) is 0 Å². The van der Waals surface area contributed by atoms with Gasteiger partial charge in [-0.25, -0.2) is 0 Å². The van der Waals surface area contributed by atoms with E-state index in [4.69, 9.17) is 0 Å². The number of hydrogen-bond donors (Lipinski definition) is 1. The van der Waals surface area contributed by atoms with E-state index in [1.807, 2.05) is 11.3 Å². The van der Waals surface area contributed by atoms with Crippen molar-refractivity contribution in [1.29, 1.82) is 0 Å². The van der Waals surface area contributed by atoms with E-state index < -0.39 is 0 Å². The zero-order valence-corrected chi connectivity index (χ0v) is 11.5. The molecule has 0 bridgehead atoms. The number of rotatable bonds is 3. The molecule has 0 aromatic carbocycles. The Kier molecular flexibility index (Phi) is 4.04. The van der Waals surface area contributed by atoms with Gasteiger partial charge in [-0.05, 0) is 57.1 Å². The minimum Gasteiger partial charge on any atom is -0.309 e. The Morgan fingerprint density at radius 3 is 2.50 bits per heavy atom. The standard InChI is InChI=1S/C14H23NS/c1-10-4-6-13(7-5-10)15-9-14-8-11(2)12(3)16-14/h8,10,13,15H,4-7,9H2,1-3H3. The Morgan fingerprint density at radius 1 is 1.25 bits per heavy atom. The molecule has 1 aliphatic carbocycles. The molecule has 0 radical (unpaired) electrons. The molecular weight excluding hydrogens is 214 g/mol. The van der Waals surface area contributed by atoms with E-state index in [9.17, 15) is 0 Å². The quantitative estimate of drug-likeness (QED) is 0.837. The molecule has 0 atom stereocenters. The second-order valence-electron chi connectivity index (χ2n) is 5.29. The molecule has 0 amide bonds. The van der Waals surface area contributed by atoms with Gasteiger partial charge in [0.05, 0.1) is 0 Å². The summed E-state index contributed by atoms with van der Waals surface area (Å²) in [5.41, 5.74) is 1.44. The average Bonchev–Trinajstić information content (AvgIpc) is 2.58. The Morgan fingerprint density at radius 2 is 1.94 bits per heavy atom.